The van der Waals surface area contributed by atoms with E-state index in [4.69, 9.17) is 9.47 Å². The van der Waals surface area contributed by atoms with E-state index in [1.165, 1.54) is 34.4 Å². The highest BCUT2D eigenvalue weighted by Gasteiger charge is 2.50. The number of carbonyl (C=O) groups is 1. The van der Waals surface area contributed by atoms with E-state index in [1.807, 2.05) is 36.1 Å². The Hall–Kier alpha value is -3.38. The molecule has 0 aromatic heterocycles. The first-order valence-electron chi connectivity index (χ1n) is 13.3. The number of aliphatic hydroxyl groups is 1. The average molecular weight is 502 g/mol. The lowest BCUT2D eigenvalue weighted by Crippen LogP contribution is -2.59. The third kappa shape index (κ3) is 4.17. The molecule has 6 rings (SSSR count). The predicted molar refractivity (Wildman–Crippen MR) is 139 cm³/mol. The van der Waals surface area contributed by atoms with Crippen molar-refractivity contribution in [3.63, 3.8) is 0 Å². The molecule has 2 fully saturated rings. The second-order valence-corrected chi connectivity index (χ2v) is 10.5. The van der Waals surface area contributed by atoms with Gasteiger partial charge >= 0.3 is 6.09 Å². The molecule has 192 valence electrons. The van der Waals surface area contributed by atoms with Gasteiger partial charge in [-0.05, 0) is 66.6 Å². The van der Waals surface area contributed by atoms with E-state index in [2.05, 4.69) is 24.3 Å². The van der Waals surface area contributed by atoms with Crippen molar-refractivity contribution < 1.29 is 23.8 Å². The van der Waals surface area contributed by atoms with Gasteiger partial charge in [-0.2, -0.15) is 0 Å². The molecule has 2 unspecified atom stereocenters. The monoisotopic (exact) mass is 501 g/mol. The molecule has 5 nitrogen and oxygen atoms in total. The number of rotatable bonds is 5. The van der Waals surface area contributed by atoms with E-state index in [0.717, 1.165) is 19.3 Å². The Morgan fingerprint density at radius 1 is 1.00 bits per heavy atom. The fraction of sp³-hybridized carbons (Fsp3) is 0.387. The highest BCUT2D eigenvalue weighted by Crippen LogP contribution is 2.48. The zero-order valence-electron chi connectivity index (χ0n) is 21.0. The van der Waals surface area contributed by atoms with Gasteiger partial charge in [-0.1, -0.05) is 48.5 Å². The quantitative estimate of drug-likeness (QED) is 0.441. The van der Waals surface area contributed by atoms with Crippen molar-refractivity contribution in [3.05, 3.63) is 89.2 Å². The minimum Gasteiger partial charge on any atom is -0.493 e. The lowest BCUT2D eigenvalue weighted by Gasteiger charge is -2.51. The van der Waals surface area contributed by atoms with Crippen molar-refractivity contribution in [1.82, 2.24) is 4.90 Å². The van der Waals surface area contributed by atoms with Crippen LogP contribution in [0.15, 0.2) is 66.7 Å². The predicted octanol–water partition coefficient (Wildman–Crippen LogP) is 6.38. The minimum absolute atomic E-state index is 0.000964. The lowest BCUT2D eigenvalue weighted by atomic mass is 9.72. The van der Waals surface area contributed by atoms with Crippen LogP contribution < -0.4 is 4.74 Å². The number of nitrogens with zero attached hydrogens (tertiary/aromatic N) is 1. The topological polar surface area (TPSA) is 59.0 Å². The molecule has 3 aromatic rings. The van der Waals surface area contributed by atoms with Crippen LogP contribution in [0.3, 0.4) is 0 Å². The molecule has 2 heterocycles. The Kier molecular flexibility index (Phi) is 6.15. The average Bonchev–Trinajstić information content (AvgIpc) is 3.21. The van der Waals surface area contributed by atoms with Crippen molar-refractivity contribution in [2.45, 2.75) is 62.6 Å². The molecule has 2 bridgehead atoms. The van der Waals surface area contributed by atoms with Gasteiger partial charge in [-0.15, -0.1) is 0 Å². The normalized spacial score (nSPS) is 24.4. The maximum Gasteiger partial charge on any atom is 0.410 e. The Balaban J connectivity index is 1.22. The molecular formula is C31H32FNO4. The van der Waals surface area contributed by atoms with E-state index in [-0.39, 0.29) is 30.7 Å². The minimum atomic E-state index is -1.26. The fourth-order valence-corrected chi connectivity index (χ4v) is 6.76. The van der Waals surface area contributed by atoms with E-state index in [1.54, 1.807) is 6.07 Å². The first-order chi connectivity index (χ1) is 18.0. The Morgan fingerprint density at radius 2 is 1.62 bits per heavy atom. The molecule has 1 amide bonds. The largest absolute Gasteiger partial charge is 0.493 e. The van der Waals surface area contributed by atoms with Crippen LogP contribution in [0.2, 0.25) is 0 Å². The van der Waals surface area contributed by atoms with E-state index >= 15 is 0 Å². The van der Waals surface area contributed by atoms with Crippen molar-refractivity contribution in [2.24, 2.45) is 0 Å². The number of ether oxygens (including phenoxy) is 2. The van der Waals surface area contributed by atoms with Crippen LogP contribution in [0.1, 0.15) is 61.6 Å². The third-order valence-electron chi connectivity index (χ3n) is 8.30. The van der Waals surface area contributed by atoms with Crippen molar-refractivity contribution >= 4 is 6.09 Å². The van der Waals surface area contributed by atoms with Gasteiger partial charge in [0.2, 0.25) is 0 Å². The molecule has 0 spiro atoms. The highest BCUT2D eigenvalue weighted by molar-refractivity contribution is 5.79. The van der Waals surface area contributed by atoms with Crippen LogP contribution in [0, 0.1) is 5.82 Å². The van der Waals surface area contributed by atoms with Crippen molar-refractivity contribution in [3.8, 4) is 16.9 Å². The van der Waals surface area contributed by atoms with Gasteiger partial charge in [0.25, 0.3) is 0 Å². The Labute approximate surface area is 216 Å². The molecule has 0 saturated carbocycles. The van der Waals surface area contributed by atoms with Crippen LogP contribution >= 0.6 is 0 Å². The summed E-state index contributed by atoms with van der Waals surface area (Å²) < 4.78 is 25.9. The van der Waals surface area contributed by atoms with Gasteiger partial charge < -0.3 is 19.5 Å². The first kappa shape index (κ1) is 24.0. The summed E-state index contributed by atoms with van der Waals surface area (Å²) in [6.07, 6.45) is 2.88. The number of piperidine rings is 2. The molecule has 6 heteroatoms. The zero-order chi connectivity index (χ0) is 25.6. The first-order valence-corrected chi connectivity index (χ1v) is 13.3. The van der Waals surface area contributed by atoms with Crippen molar-refractivity contribution in [1.29, 1.82) is 0 Å². The van der Waals surface area contributed by atoms with E-state index < -0.39 is 11.4 Å². The second kappa shape index (κ2) is 9.49. The molecular weight excluding hydrogens is 469 g/mol. The maximum atomic E-state index is 14.2. The summed E-state index contributed by atoms with van der Waals surface area (Å²) in [7, 11) is 0. The lowest BCUT2D eigenvalue weighted by molar-refractivity contribution is -0.0901. The summed E-state index contributed by atoms with van der Waals surface area (Å²) in [6.45, 7) is 2.56. The second-order valence-electron chi connectivity index (χ2n) is 10.5. The number of hydrogen-bond acceptors (Lipinski definition) is 4. The van der Waals surface area contributed by atoms with Gasteiger partial charge in [0.1, 0.15) is 18.2 Å². The van der Waals surface area contributed by atoms with Gasteiger partial charge in [0.15, 0.2) is 0 Å². The van der Waals surface area contributed by atoms with Gasteiger partial charge in [-0.3, -0.25) is 0 Å². The number of carbonyl (C=O) groups excluding carboxylic acids is 1. The summed E-state index contributed by atoms with van der Waals surface area (Å²) in [5.74, 6) is 0.0917. The molecule has 0 radical (unpaired) electrons. The zero-order valence-corrected chi connectivity index (χ0v) is 21.0. The van der Waals surface area contributed by atoms with E-state index in [9.17, 15) is 14.3 Å². The molecule has 1 N–H and O–H groups in total. The Bertz CT molecular complexity index is 1260. The number of hydrogen-bond donors (Lipinski definition) is 1. The Morgan fingerprint density at radius 3 is 2.24 bits per heavy atom. The van der Waals surface area contributed by atoms with E-state index in [0.29, 0.717) is 30.8 Å². The molecule has 3 aromatic carbocycles. The summed E-state index contributed by atoms with van der Waals surface area (Å²) in [4.78, 5) is 15.3. The molecule has 2 atom stereocenters. The van der Waals surface area contributed by atoms with Gasteiger partial charge in [0.05, 0.1) is 12.2 Å². The summed E-state index contributed by atoms with van der Waals surface area (Å²) in [5, 5.41) is 11.8. The molecule has 1 aliphatic carbocycles. The maximum absolute atomic E-state index is 14.2. The van der Waals surface area contributed by atoms with Gasteiger partial charge in [-0.25, -0.2) is 9.18 Å². The highest BCUT2D eigenvalue weighted by atomic mass is 19.1. The SMILES string of the molecule is CCOc1ccc(F)cc1C1(O)CC2CCCC(C1)N2C(=O)OCC1c2ccccc2-c2ccccc21. The fourth-order valence-electron chi connectivity index (χ4n) is 6.76. The molecule has 3 aliphatic rings. The molecule has 2 aliphatic heterocycles. The van der Waals surface area contributed by atoms with Crippen LogP contribution in [0.5, 0.6) is 5.75 Å². The summed E-state index contributed by atoms with van der Waals surface area (Å²) >= 11 is 0. The standard InChI is InChI=1S/C31H32FNO4/c1-2-36-29-15-14-20(32)16-28(29)31(35)17-21-8-7-9-22(18-31)33(21)30(34)37-19-27-25-12-5-3-10-23(25)24-11-4-6-13-26(24)27/h3-6,10-16,21-22,27,35H,2,7-9,17-19H2,1H3. The summed E-state index contributed by atoms with van der Waals surface area (Å²) in [6, 6.07) is 20.5. The number of fused-ring (bicyclic) bond motifs is 5. The molecule has 37 heavy (non-hydrogen) atoms. The van der Waals surface area contributed by atoms with Crippen LogP contribution in [-0.2, 0) is 10.3 Å². The van der Waals surface area contributed by atoms with Gasteiger partial charge in [0, 0.05) is 36.4 Å². The number of amides is 1. The number of halogens is 1. The number of benzene rings is 3. The van der Waals surface area contributed by atoms with Crippen LogP contribution in [0.25, 0.3) is 11.1 Å². The van der Waals surface area contributed by atoms with Crippen LogP contribution in [-0.4, -0.2) is 41.4 Å². The van der Waals surface area contributed by atoms with Crippen LogP contribution in [0.4, 0.5) is 9.18 Å². The smallest absolute Gasteiger partial charge is 0.410 e. The summed E-state index contributed by atoms with van der Waals surface area (Å²) in [5.41, 5.74) is 3.96. The molecule has 2 saturated heterocycles. The van der Waals surface area contributed by atoms with Crippen molar-refractivity contribution in [2.75, 3.05) is 13.2 Å². The third-order valence-corrected chi connectivity index (χ3v) is 8.30.